The molecule has 0 unspecified atom stereocenters. The molecule has 4 rings (SSSR count). The molecule has 2 amide bonds. The predicted octanol–water partition coefficient (Wildman–Crippen LogP) is 6.00. The van der Waals surface area contributed by atoms with Crippen molar-refractivity contribution in [1.82, 2.24) is 0 Å². The van der Waals surface area contributed by atoms with Crippen LogP contribution in [0.5, 0.6) is 0 Å². The average molecular weight is 401 g/mol. The molecule has 0 radical (unpaired) electrons. The lowest BCUT2D eigenvalue weighted by molar-refractivity contribution is 0.101. The highest BCUT2D eigenvalue weighted by molar-refractivity contribution is 6.31. The highest BCUT2D eigenvalue weighted by Gasteiger charge is 2.09. The van der Waals surface area contributed by atoms with Crippen molar-refractivity contribution >= 4 is 45.6 Å². The molecule has 4 aromatic rings. The van der Waals surface area contributed by atoms with Crippen molar-refractivity contribution in [3.05, 3.63) is 107 Å². The number of carbonyl (C=O) groups excluding carboxylic acids is 2. The quantitative estimate of drug-likeness (QED) is 0.441. The van der Waals surface area contributed by atoms with E-state index in [1.165, 1.54) is 0 Å². The first-order valence-corrected chi connectivity index (χ1v) is 9.43. The van der Waals surface area contributed by atoms with Crippen LogP contribution in [-0.2, 0) is 0 Å². The molecule has 0 bridgehead atoms. The molecule has 0 saturated heterocycles. The molecule has 0 atom stereocenters. The molecule has 29 heavy (non-hydrogen) atoms. The van der Waals surface area contributed by atoms with Crippen LogP contribution in [0.1, 0.15) is 20.7 Å². The molecular formula is C24H17ClN2O2. The van der Waals surface area contributed by atoms with Gasteiger partial charge in [0.25, 0.3) is 11.8 Å². The summed E-state index contributed by atoms with van der Waals surface area (Å²) in [7, 11) is 0. The molecule has 0 heterocycles. The minimum Gasteiger partial charge on any atom is -0.322 e. The van der Waals surface area contributed by atoms with Crippen LogP contribution < -0.4 is 10.6 Å². The highest BCUT2D eigenvalue weighted by atomic mass is 35.5. The average Bonchev–Trinajstić information content (AvgIpc) is 2.73. The van der Waals surface area contributed by atoms with E-state index in [1.807, 2.05) is 36.4 Å². The molecule has 0 spiro atoms. The van der Waals surface area contributed by atoms with Crippen LogP contribution in [0.15, 0.2) is 91.0 Å². The number of hydrogen-bond acceptors (Lipinski definition) is 2. The number of halogens is 1. The number of nitrogens with one attached hydrogen (secondary N) is 2. The smallest absolute Gasteiger partial charge is 0.255 e. The second-order valence-corrected chi connectivity index (χ2v) is 7.00. The Morgan fingerprint density at radius 3 is 1.90 bits per heavy atom. The number of rotatable bonds is 4. The lowest BCUT2D eigenvalue weighted by atomic mass is 10.1. The van der Waals surface area contributed by atoms with Crippen molar-refractivity contribution < 1.29 is 9.59 Å². The van der Waals surface area contributed by atoms with Crippen molar-refractivity contribution in [2.45, 2.75) is 0 Å². The fourth-order valence-corrected chi connectivity index (χ4v) is 3.23. The zero-order valence-corrected chi connectivity index (χ0v) is 16.1. The fourth-order valence-electron chi connectivity index (χ4n) is 3.04. The predicted molar refractivity (Wildman–Crippen MR) is 118 cm³/mol. The van der Waals surface area contributed by atoms with E-state index >= 15 is 0 Å². The van der Waals surface area contributed by atoms with Gasteiger partial charge in [0.1, 0.15) is 0 Å². The summed E-state index contributed by atoms with van der Waals surface area (Å²) >= 11 is 5.94. The monoisotopic (exact) mass is 400 g/mol. The molecule has 0 aliphatic rings. The summed E-state index contributed by atoms with van der Waals surface area (Å²) in [5.41, 5.74) is 2.19. The largest absolute Gasteiger partial charge is 0.322 e. The Morgan fingerprint density at radius 1 is 0.586 bits per heavy atom. The second kappa shape index (κ2) is 8.17. The summed E-state index contributed by atoms with van der Waals surface area (Å²) in [6.07, 6.45) is 0. The third kappa shape index (κ3) is 4.45. The van der Waals surface area contributed by atoms with Crippen molar-refractivity contribution in [3.8, 4) is 0 Å². The summed E-state index contributed by atoms with van der Waals surface area (Å²) in [6.45, 7) is 0. The first-order valence-electron chi connectivity index (χ1n) is 9.06. The lowest BCUT2D eigenvalue weighted by Crippen LogP contribution is -2.14. The van der Waals surface area contributed by atoms with Gasteiger partial charge in [-0.25, -0.2) is 0 Å². The van der Waals surface area contributed by atoms with E-state index in [0.29, 0.717) is 27.5 Å². The van der Waals surface area contributed by atoms with E-state index < -0.39 is 0 Å². The number of fused-ring (bicyclic) bond motifs is 1. The van der Waals surface area contributed by atoms with Crippen molar-refractivity contribution in [3.63, 3.8) is 0 Å². The van der Waals surface area contributed by atoms with Gasteiger partial charge in [-0.1, -0.05) is 54.1 Å². The van der Waals surface area contributed by atoms with Gasteiger partial charge in [0, 0.05) is 27.5 Å². The molecule has 142 valence electrons. The summed E-state index contributed by atoms with van der Waals surface area (Å²) in [6, 6.07) is 27.2. The summed E-state index contributed by atoms with van der Waals surface area (Å²) in [4.78, 5) is 25.0. The van der Waals surface area contributed by atoms with Gasteiger partial charge in [0.05, 0.1) is 0 Å². The zero-order chi connectivity index (χ0) is 20.2. The number of benzene rings is 4. The van der Waals surface area contributed by atoms with Gasteiger partial charge in [0.15, 0.2) is 0 Å². The van der Waals surface area contributed by atoms with Gasteiger partial charge in [-0.2, -0.15) is 0 Å². The van der Waals surface area contributed by atoms with Gasteiger partial charge in [-0.15, -0.1) is 0 Å². The topological polar surface area (TPSA) is 58.2 Å². The van der Waals surface area contributed by atoms with Gasteiger partial charge >= 0.3 is 0 Å². The SMILES string of the molecule is O=C(Nc1cccc(NC(=O)c2ccc3ccccc3c2)c1)c1cccc(Cl)c1. The van der Waals surface area contributed by atoms with Crippen LogP contribution in [-0.4, -0.2) is 11.8 Å². The first-order chi connectivity index (χ1) is 14.1. The Labute approximate surface area is 173 Å². The number of carbonyl (C=O) groups is 2. The van der Waals surface area contributed by atoms with Gasteiger partial charge in [-0.3, -0.25) is 9.59 Å². The molecular weight excluding hydrogens is 384 g/mol. The van der Waals surface area contributed by atoms with Gasteiger partial charge in [-0.05, 0) is 59.3 Å². The van der Waals surface area contributed by atoms with Gasteiger partial charge < -0.3 is 10.6 Å². The lowest BCUT2D eigenvalue weighted by Gasteiger charge is -2.10. The molecule has 4 nitrogen and oxygen atoms in total. The minimum absolute atomic E-state index is 0.214. The maximum Gasteiger partial charge on any atom is 0.255 e. The van der Waals surface area contributed by atoms with Crippen LogP contribution >= 0.6 is 11.6 Å². The van der Waals surface area contributed by atoms with E-state index in [2.05, 4.69) is 10.6 Å². The van der Waals surface area contributed by atoms with Crippen molar-refractivity contribution in [2.75, 3.05) is 10.6 Å². The maximum absolute atomic E-state index is 12.6. The number of anilines is 2. The number of hydrogen-bond donors (Lipinski definition) is 2. The molecule has 0 aromatic heterocycles. The molecule has 4 aromatic carbocycles. The Hall–Kier alpha value is -3.63. The minimum atomic E-state index is -0.273. The molecule has 0 fully saturated rings. The standard InChI is InChI=1S/C24H17ClN2O2/c25-20-8-3-7-18(14-20)23(28)26-21-9-4-10-22(15-21)27-24(29)19-12-11-16-5-1-2-6-17(16)13-19/h1-15H,(H,26,28)(H,27,29). The third-order valence-electron chi connectivity index (χ3n) is 4.48. The van der Waals surface area contributed by atoms with Crippen LogP contribution in [0.25, 0.3) is 10.8 Å². The van der Waals surface area contributed by atoms with Crippen molar-refractivity contribution in [1.29, 1.82) is 0 Å². The zero-order valence-electron chi connectivity index (χ0n) is 15.4. The molecule has 0 aliphatic carbocycles. The third-order valence-corrected chi connectivity index (χ3v) is 4.71. The molecule has 2 N–H and O–H groups in total. The second-order valence-electron chi connectivity index (χ2n) is 6.56. The Kier molecular flexibility index (Phi) is 5.27. The van der Waals surface area contributed by atoms with E-state index in [4.69, 9.17) is 11.6 Å². The first kappa shape index (κ1) is 18.7. The summed E-state index contributed by atoms with van der Waals surface area (Å²) in [5.74, 6) is -0.487. The normalized spacial score (nSPS) is 10.5. The number of amides is 2. The van der Waals surface area contributed by atoms with Crippen LogP contribution in [0.2, 0.25) is 5.02 Å². The van der Waals surface area contributed by atoms with E-state index in [0.717, 1.165) is 10.8 Å². The highest BCUT2D eigenvalue weighted by Crippen LogP contribution is 2.20. The molecule has 5 heteroatoms. The Balaban J connectivity index is 1.49. The van der Waals surface area contributed by atoms with Crippen LogP contribution in [0, 0.1) is 0 Å². The van der Waals surface area contributed by atoms with E-state index in [1.54, 1.807) is 54.6 Å². The Morgan fingerprint density at radius 2 is 1.21 bits per heavy atom. The molecule has 0 saturated carbocycles. The Bertz CT molecular complexity index is 1220. The van der Waals surface area contributed by atoms with Crippen LogP contribution in [0.3, 0.4) is 0 Å². The maximum atomic E-state index is 12.6. The van der Waals surface area contributed by atoms with Crippen molar-refractivity contribution in [2.24, 2.45) is 0 Å². The summed E-state index contributed by atoms with van der Waals surface area (Å²) in [5, 5.41) is 8.26. The molecule has 0 aliphatic heterocycles. The van der Waals surface area contributed by atoms with E-state index in [9.17, 15) is 9.59 Å². The van der Waals surface area contributed by atoms with E-state index in [-0.39, 0.29) is 11.8 Å². The fraction of sp³-hybridized carbons (Fsp3) is 0. The van der Waals surface area contributed by atoms with Gasteiger partial charge in [0.2, 0.25) is 0 Å². The summed E-state index contributed by atoms with van der Waals surface area (Å²) < 4.78 is 0. The van der Waals surface area contributed by atoms with Crippen LogP contribution in [0.4, 0.5) is 11.4 Å².